The summed E-state index contributed by atoms with van der Waals surface area (Å²) in [6.45, 7) is -3.14. The molecule has 2 aromatic carbocycles. The molecule has 9 heteroatoms. The Hall–Kier alpha value is -3.10. The SMILES string of the molecule is O=C(Nc1cc([N+](=O)[O-])ccc1F)c1ccccc1OC(F)F. The van der Waals surface area contributed by atoms with Gasteiger partial charge >= 0.3 is 6.61 Å². The summed E-state index contributed by atoms with van der Waals surface area (Å²) in [4.78, 5) is 22.0. The molecule has 0 aliphatic rings. The fraction of sp³-hybridized carbons (Fsp3) is 0.0714. The number of nitrogens with one attached hydrogen (secondary N) is 1. The Balaban J connectivity index is 2.29. The predicted molar refractivity (Wildman–Crippen MR) is 74.1 cm³/mol. The molecule has 0 bridgehead atoms. The molecule has 0 aromatic heterocycles. The largest absolute Gasteiger partial charge is 0.434 e. The van der Waals surface area contributed by atoms with Gasteiger partial charge in [0.1, 0.15) is 11.6 Å². The topological polar surface area (TPSA) is 81.5 Å². The number of para-hydroxylation sites is 1. The number of non-ortho nitro benzene ring substituents is 1. The van der Waals surface area contributed by atoms with Gasteiger partial charge < -0.3 is 10.1 Å². The lowest BCUT2D eigenvalue weighted by Crippen LogP contribution is -2.15. The number of alkyl halides is 2. The van der Waals surface area contributed by atoms with Gasteiger partial charge in [0.15, 0.2) is 0 Å². The van der Waals surface area contributed by atoms with Gasteiger partial charge in [-0.3, -0.25) is 14.9 Å². The van der Waals surface area contributed by atoms with Gasteiger partial charge in [-0.05, 0) is 18.2 Å². The smallest absolute Gasteiger partial charge is 0.387 e. The summed E-state index contributed by atoms with van der Waals surface area (Å²) in [5.74, 6) is -2.25. The van der Waals surface area contributed by atoms with Gasteiger partial charge in [0.2, 0.25) is 0 Å². The van der Waals surface area contributed by atoms with Crippen LogP contribution in [0.2, 0.25) is 0 Å². The molecule has 1 N–H and O–H groups in total. The Kier molecular flexibility index (Phi) is 4.79. The molecule has 0 aliphatic heterocycles. The molecule has 0 radical (unpaired) electrons. The van der Waals surface area contributed by atoms with Crippen LogP contribution in [0.1, 0.15) is 10.4 Å². The van der Waals surface area contributed by atoms with Crippen molar-refractivity contribution in [1.29, 1.82) is 0 Å². The maximum absolute atomic E-state index is 13.6. The lowest BCUT2D eigenvalue weighted by Gasteiger charge is -2.11. The quantitative estimate of drug-likeness (QED) is 0.672. The summed E-state index contributed by atoms with van der Waals surface area (Å²) in [5.41, 5.74) is -1.14. The average Bonchev–Trinajstić information content (AvgIpc) is 2.49. The summed E-state index contributed by atoms with van der Waals surface area (Å²) in [6.07, 6.45) is 0. The first-order chi connectivity index (χ1) is 10.9. The van der Waals surface area contributed by atoms with Gasteiger partial charge in [-0.2, -0.15) is 8.78 Å². The lowest BCUT2D eigenvalue weighted by atomic mass is 10.1. The molecule has 1 amide bonds. The van der Waals surface area contributed by atoms with E-state index in [0.717, 1.165) is 24.3 Å². The highest BCUT2D eigenvalue weighted by Crippen LogP contribution is 2.25. The third-order valence-electron chi connectivity index (χ3n) is 2.76. The number of hydrogen-bond donors (Lipinski definition) is 1. The molecule has 6 nitrogen and oxygen atoms in total. The van der Waals surface area contributed by atoms with Gasteiger partial charge in [0, 0.05) is 12.1 Å². The van der Waals surface area contributed by atoms with Crippen molar-refractivity contribution in [1.82, 2.24) is 0 Å². The Morgan fingerprint density at radius 1 is 1.22 bits per heavy atom. The van der Waals surface area contributed by atoms with Crippen LogP contribution in [0.3, 0.4) is 0 Å². The molecule has 0 unspecified atom stereocenters. The van der Waals surface area contributed by atoms with Crippen LogP contribution < -0.4 is 10.1 Å². The first kappa shape index (κ1) is 16.3. The third kappa shape index (κ3) is 3.96. The van der Waals surface area contributed by atoms with E-state index in [9.17, 15) is 28.1 Å². The van der Waals surface area contributed by atoms with Gasteiger partial charge in [-0.1, -0.05) is 12.1 Å². The Bertz CT molecular complexity index is 753. The van der Waals surface area contributed by atoms with Crippen molar-refractivity contribution < 1.29 is 27.6 Å². The highest BCUT2D eigenvalue weighted by Gasteiger charge is 2.18. The maximum Gasteiger partial charge on any atom is 0.387 e. The monoisotopic (exact) mass is 326 g/mol. The van der Waals surface area contributed by atoms with Gasteiger partial charge in [-0.15, -0.1) is 0 Å². The first-order valence-corrected chi connectivity index (χ1v) is 6.17. The van der Waals surface area contributed by atoms with Crippen molar-refractivity contribution >= 4 is 17.3 Å². The van der Waals surface area contributed by atoms with Gasteiger partial charge in [0.25, 0.3) is 11.6 Å². The number of anilines is 1. The maximum atomic E-state index is 13.6. The molecule has 0 heterocycles. The van der Waals surface area contributed by atoms with Crippen molar-refractivity contribution in [2.24, 2.45) is 0 Å². The zero-order valence-corrected chi connectivity index (χ0v) is 11.3. The van der Waals surface area contributed by atoms with E-state index in [1.54, 1.807) is 0 Å². The van der Waals surface area contributed by atoms with Crippen molar-refractivity contribution in [3.8, 4) is 5.75 Å². The van der Waals surface area contributed by atoms with Crippen LogP contribution >= 0.6 is 0 Å². The van der Waals surface area contributed by atoms with E-state index in [4.69, 9.17) is 0 Å². The summed E-state index contributed by atoms with van der Waals surface area (Å²) >= 11 is 0. The molecule has 0 atom stereocenters. The number of amides is 1. The van der Waals surface area contributed by atoms with Crippen LogP contribution in [-0.2, 0) is 0 Å². The molecule has 0 fully saturated rings. The number of carbonyl (C=O) groups is 1. The molecule has 0 saturated heterocycles. The van der Waals surface area contributed by atoms with Gasteiger partial charge in [0.05, 0.1) is 16.2 Å². The van der Waals surface area contributed by atoms with Crippen molar-refractivity contribution in [2.75, 3.05) is 5.32 Å². The van der Waals surface area contributed by atoms with Crippen LogP contribution in [0.4, 0.5) is 24.5 Å². The lowest BCUT2D eigenvalue weighted by molar-refractivity contribution is -0.384. The van der Waals surface area contributed by atoms with Crippen molar-refractivity contribution in [2.45, 2.75) is 6.61 Å². The second kappa shape index (κ2) is 6.77. The molecule has 0 saturated carbocycles. The van der Waals surface area contributed by atoms with E-state index >= 15 is 0 Å². The van der Waals surface area contributed by atoms with Crippen molar-refractivity contribution in [3.05, 3.63) is 64.0 Å². The highest BCUT2D eigenvalue weighted by atomic mass is 19.3. The number of benzene rings is 2. The summed E-state index contributed by atoms with van der Waals surface area (Å²) in [6, 6.07) is 7.69. The fourth-order valence-corrected chi connectivity index (χ4v) is 1.77. The summed E-state index contributed by atoms with van der Waals surface area (Å²) < 4.78 is 42.4. The molecule has 23 heavy (non-hydrogen) atoms. The van der Waals surface area contributed by atoms with Crippen LogP contribution in [0.5, 0.6) is 5.75 Å². The van der Waals surface area contributed by atoms with Crippen LogP contribution in [0, 0.1) is 15.9 Å². The van der Waals surface area contributed by atoms with E-state index in [-0.39, 0.29) is 5.56 Å². The van der Waals surface area contributed by atoms with Crippen LogP contribution in [-0.4, -0.2) is 17.4 Å². The first-order valence-electron chi connectivity index (χ1n) is 6.17. The standard InChI is InChI=1S/C14H9F3N2O4/c15-10-6-5-8(19(21)22)7-11(10)18-13(20)9-3-1-2-4-12(9)23-14(16)17/h1-7,14H,(H,18,20). The molecule has 0 spiro atoms. The predicted octanol–water partition coefficient (Wildman–Crippen LogP) is 3.59. The molecule has 2 rings (SSSR count). The van der Waals surface area contributed by atoms with Crippen LogP contribution in [0.15, 0.2) is 42.5 Å². The number of nitro groups is 1. The van der Waals surface area contributed by atoms with E-state index < -0.39 is 40.4 Å². The van der Waals surface area contributed by atoms with E-state index in [2.05, 4.69) is 10.1 Å². The number of nitrogens with zero attached hydrogens (tertiary/aromatic N) is 1. The zero-order valence-electron chi connectivity index (χ0n) is 11.3. The molecular formula is C14H9F3N2O4. The molecule has 120 valence electrons. The van der Waals surface area contributed by atoms with E-state index in [1.165, 1.54) is 18.2 Å². The average molecular weight is 326 g/mol. The minimum atomic E-state index is -3.14. The molecular weight excluding hydrogens is 317 g/mol. The molecule has 2 aromatic rings. The fourth-order valence-electron chi connectivity index (χ4n) is 1.77. The van der Waals surface area contributed by atoms with E-state index in [0.29, 0.717) is 0 Å². The number of rotatable bonds is 5. The van der Waals surface area contributed by atoms with Crippen LogP contribution in [0.25, 0.3) is 0 Å². The second-order valence-corrected chi connectivity index (χ2v) is 4.25. The minimum Gasteiger partial charge on any atom is -0.434 e. The summed E-state index contributed by atoms with van der Waals surface area (Å²) in [7, 11) is 0. The minimum absolute atomic E-state index is 0.265. The number of ether oxygens (including phenoxy) is 1. The molecule has 0 aliphatic carbocycles. The Morgan fingerprint density at radius 3 is 2.57 bits per heavy atom. The highest BCUT2D eigenvalue weighted by molar-refractivity contribution is 6.06. The summed E-state index contributed by atoms with van der Waals surface area (Å²) in [5, 5.41) is 12.8. The van der Waals surface area contributed by atoms with Crippen molar-refractivity contribution in [3.63, 3.8) is 0 Å². The zero-order chi connectivity index (χ0) is 17.0. The number of nitro benzene ring substituents is 1. The Labute approximate surface area is 127 Å². The number of carbonyl (C=O) groups excluding carboxylic acids is 1. The van der Waals surface area contributed by atoms with E-state index in [1.807, 2.05) is 0 Å². The third-order valence-corrected chi connectivity index (χ3v) is 2.76. The number of halogens is 3. The Morgan fingerprint density at radius 2 is 1.91 bits per heavy atom. The van der Waals surface area contributed by atoms with Gasteiger partial charge in [-0.25, -0.2) is 4.39 Å². The normalized spacial score (nSPS) is 10.4. The second-order valence-electron chi connectivity index (χ2n) is 4.25. The number of hydrogen-bond acceptors (Lipinski definition) is 4.